The van der Waals surface area contributed by atoms with Crippen LogP contribution in [0.25, 0.3) is 0 Å². The Kier molecular flexibility index (Phi) is 4.64. The Labute approximate surface area is 140 Å². The van der Waals surface area contributed by atoms with Crippen LogP contribution in [0.15, 0.2) is 0 Å². The summed E-state index contributed by atoms with van der Waals surface area (Å²) < 4.78 is 5.79. The van der Waals surface area contributed by atoms with Gasteiger partial charge < -0.3 is 9.64 Å². The Balaban J connectivity index is 1.29. The molecule has 0 N–H and O–H groups in total. The lowest BCUT2D eigenvalue weighted by Gasteiger charge is -2.54. The highest BCUT2D eigenvalue weighted by atomic mass is 16.5. The Hall–Kier alpha value is -0.610. The minimum Gasteiger partial charge on any atom is -0.377 e. The summed E-state index contributed by atoms with van der Waals surface area (Å²) in [7, 11) is 0. The van der Waals surface area contributed by atoms with E-state index < -0.39 is 0 Å². The molecule has 4 heteroatoms. The maximum absolute atomic E-state index is 12.9. The number of likely N-dealkylation sites (tertiary alicyclic amines) is 2. The molecular formula is C19H32N2O2. The summed E-state index contributed by atoms with van der Waals surface area (Å²) in [5.74, 6) is 1.23. The van der Waals surface area contributed by atoms with Gasteiger partial charge in [-0.05, 0) is 51.0 Å². The Bertz CT molecular complexity index is 429. The first kappa shape index (κ1) is 15.9. The van der Waals surface area contributed by atoms with Gasteiger partial charge in [-0.2, -0.15) is 0 Å². The number of carbonyl (C=O) groups excluding carboxylic acids is 1. The van der Waals surface area contributed by atoms with Gasteiger partial charge in [0.25, 0.3) is 0 Å². The fraction of sp³-hybridized carbons (Fsp3) is 0.947. The van der Waals surface area contributed by atoms with Crippen molar-refractivity contribution in [3.05, 3.63) is 0 Å². The highest BCUT2D eigenvalue weighted by Gasteiger charge is 2.53. The van der Waals surface area contributed by atoms with Gasteiger partial charge in [0.15, 0.2) is 0 Å². The summed E-state index contributed by atoms with van der Waals surface area (Å²) in [5.41, 5.74) is -0.0362. The Morgan fingerprint density at radius 1 is 1.00 bits per heavy atom. The van der Waals surface area contributed by atoms with Crippen molar-refractivity contribution in [2.75, 3.05) is 39.3 Å². The molecule has 0 aromatic rings. The molecule has 1 aliphatic carbocycles. The van der Waals surface area contributed by atoms with Crippen molar-refractivity contribution in [3.8, 4) is 0 Å². The third kappa shape index (κ3) is 3.30. The summed E-state index contributed by atoms with van der Waals surface area (Å²) in [6.45, 7) is 6.15. The number of carbonyl (C=O) groups is 1. The first-order chi connectivity index (χ1) is 11.3. The Morgan fingerprint density at radius 2 is 1.87 bits per heavy atom. The number of amides is 1. The zero-order chi connectivity index (χ0) is 15.7. The smallest absolute Gasteiger partial charge is 0.231 e. The van der Waals surface area contributed by atoms with Crippen molar-refractivity contribution in [2.45, 2.75) is 63.9 Å². The summed E-state index contributed by atoms with van der Waals surface area (Å²) in [6, 6.07) is 0. The van der Waals surface area contributed by atoms with Crippen molar-refractivity contribution in [3.63, 3.8) is 0 Å². The molecule has 1 amide bonds. The monoisotopic (exact) mass is 320 g/mol. The molecule has 3 saturated heterocycles. The predicted octanol–water partition coefficient (Wildman–Crippen LogP) is 2.67. The van der Waals surface area contributed by atoms with Gasteiger partial charge in [-0.25, -0.2) is 0 Å². The van der Waals surface area contributed by atoms with Crippen molar-refractivity contribution >= 4 is 5.91 Å². The molecule has 0 bridgehead atoms. The average Bonchev–Trinajstić information content (AvgIpc) is 3.08. The van der Waals surface area contributed by atoms with Crippen LogP contribution in [0.1, 0.15) is 57.8 Å². The number of nitrogens with zero attached hydrogens (tertiary/aromatic N) is 2. The van der Waals surface area contributed by atoms with Crippen LogP contribution in [0.5, 0.6) is 0 Å². The second kappa shape index (κ2) is 6.72. The largest absolute Gasteiger partial charge is 0.377 e. The predicted molar refractivity (Wildman–Crippen MR) is 90.2 cm³/mol. The first-order valence-electron chi connectivity index (χ1n) is 9.89. The highest BCUT2D eigenvalue weighted by Crippen LogP contribution is 2.41. The summed E-state index contributed by atoms with van der Waals surface area (Å²) in [4.78, 5) is 17.5. The van der Waals surface area contributed by atoms with Gasteiger partial charge in [0.1, 0.15) is 0 Å². The zero-order valence-electron chi connectivity index (χ0n) is 14.5. The van der Waals surface area contributed by atoms with E-state index in [1.165, 1.54) is 51.4 Å². The van der Waals surface area contributed by atoms with Crippen LogP contribution in [-0.2, 0) is 9.53 Å². The van der Waals surface area contributed by atoms with Crippen LogP contribution < -0.4 is 0 Å². The van der Waals surface area contributed by atoms with E-state index >= 15 is 0 Å². The van der Waals surface area contributed by atoms with Crippen LogP contribution >= 0.6 is 0 Å². The van der Waals surface area contributed by atoms with Gasteiger partial charge >= 0.3 is 0 Å². The molecule has 3 aliphatic heterocycles. The standard InChI is InChI=1S/C19H32N2O2/c22-18-19(15-21(18)12-16-6-2-1-3-7-16)9-5-10-20(14-19)13-17-8-4-11-23-17/h16-17H,1-15H2/t17-,19+/m0/s1. The molecule has 0 radical (unpaired) electrons. The molecule has 130 valence electrons. The SMILES string of the molecule is O=C1N(CC2CCCCC2)C[C@]12CCCN(C[C@@H]1CCCO1)C2. The minimum atomic E-state index is -0.0362. The molecule has 3 heterocycles. The molecule has 2 atom stereocenters. The molecule has 4 aliphatic rings. The molecule has 1 saturated carbocycles. The van der Waals surface area contributed by atoms with Gasteiger partial charge in [0, 0.05) is 32.8 Å². The molecule has 1 spiro atoms. The quantitative estimate of drug-likeness (QED) is 0.747. The lowest BCUT2D eigenvalue weighted by molar-refractivity contribution is -0.168. The topological polar surface area (TPSA) is 32.8 Å². The third-order valence-corrected chi connectivity index (χ3v) is 6.58. The summed E-state index contributed by atoms with van der Waals surface area (Å²) >= 11 is 0. The maximum Gasteiger partial charge on any atom is 0.231 e. The molecule has 4 fully saturated rings. The van der Waals surface area contributed by atoms with E-state index in [0.29, 0.717) is 12.0 Å². The molecule has 4 rings (SSSR count). The summed E-state index contributed by atoms with van der Waals surface area (Å²) in [6.07, 6.45) is 11.9. The van der Waals surface area contributed by atoms with Gasteiger partial charge in [0.2, 0.25) is 5.91 Å². The highest BCUT2D eigenvalue weighted by molar-refractivity contribution is 5.89. The number of hydrogen-bond donors (Lipinski definition) is 0. The summed E-state index contributed by atoms with van der Waals surface area (Å²) in [5, 5.41) is 0. The Morgan fingerprint density at radius 3 is 2.61 bits per heavy atom. The van der Waals surface area contributed by atoms with Crippen molar-refractivity contribution in [1.82, 2.24) is 9.80 Å². The maximum atomic E-state index is 12.9. The van der Waals surface area contributed by atoms with E-state index in [0.717, 1.165) is 51.7 Å². The van der Waals surface area contributed by atoms with Crippen LogP contribution in [0, 0.1) is 11.3 Å². The number of hydrogen-bond acceptors (Lipinski definition) is 3. The number of ether oxygens (including phenoxy) is 1. The number of piperidine rings is 1. The van der Waals surface area contributed by atoms with E-state index in [1.54, 1.807) is 0 Å². The van der Waals surface area contributed by atoms with Crippen LogP contribution in [0.4, 0.5) is 0 Å². The normalized spacial score (nSPS) is 36.6. The second-order valence-electron chi connectivity index (χ2n) is 8.44. The first-order valence-corrected chi connectivity index (χ1v) is 9.89. The minimum absolute atomic E-state index is 0.0362. The van der Waals surface area contributed by atoms with Crippen molar-refractivity contribution in [1.29, 1.82) is 0 Å². The van der Waals surface area contributed by atoms with Crippen LogP contribution in [0.3, 0.4) is 0 Å². The lowest BCUT2D eigenvalue weighted by Crippen LogP contribution is -2.67. The molecule has 0 aromatic heterocycles. The average molecular weight is 320 g/mol. The van der Waals surface area contributed by atoms with E-state index in [-0.39, 0.29) is 5.41 Å². The molecule has 0 aromatic carbocycles. The van der Waals surface area contributed by atoms with Gasteiger partial charge in [0.05, 0.1) is 11.5 Å². The van der Waals surface area contributed by atoms with Crippen molar-refractivity contribution in [2.24, 2.45) is 11.3 Å². The molecular weight excluding hydrogens is 288 g/mol. The van der Waals surface area contributed by atoms with Crippen LogP contribution in [-0.4, -0.2) is 61.1 Å². The van der Waals surface area contributed by atoms with Gasteiger partial charge in [-0.1, -0.05) is 19.3 Å². The lowest BCUT2D eigenvalue weighted by atomic mass is 9.71. The second-order valence-corrected chi connectivity index (χ2v) is 8.44. The number of β-lactam (4-membered cyclic amide) rings is 1. The fourth-order valence-corrected chi connectivity index (χ4v) is 5.34. The fourth-order valence-electron chi connectivity index (χ4n) is 5.34. The van der Waals surface area contributed by atoms with Crippen LogP contribution in [0.2, 0.25) is 0 Å². The van der Waals surface area contributed by atoms with E-state index in [1.807, 2.05) is 0 Å². The molecule has 4 nitrogen and oxygen atoms in total. The molecule has 23 heavy (non-hydrogen) atoms. The zero-order valence-corrected chi connectivity index (χ0v) is 14.5. The van der Waals surface area contributed by atoms with Crippen molar-refractivity contribution < 1.29 is 9.53 Å². The molecule has 0 unspecified atom stereocenters. The van der Waals surface area contributed by atoms with E-state index in [2.05, 4.69) is 9.80 Å². The number of rotatable bonds is 4. The van der Waals surface area contributed by atoms with Gasteiger partial charge in [-0.3, -0.25) is 9.69 Å². The van der Waals surface area contributed by atoms with Gasteiger partial charge in [-0.15, -0.1) is 0 Å². The van der Waals surface area contributed by atoms with E-state index in [9.17, 15) is 4.79 Å². The van der Waals surface area contributed by atoms with E-state index in [4.69, 9.17) is 4.74 Å². The third-order valence-electron chi connectivity index (χ3n) is 6.58.